The fourth-order valence-corrected chi connectivity index (χ4v) is 2.79. The van der Waals surface area contributed by atoms with Gasteiger partial charge in [0.25, 0.3) is 5.91 Å². The van der Waals surface area contributed by atoms with Gasteiger partial charge in [-0.15, -0.1) is 0 Å². The van der Waals surface area contributed by atoms with Crippen molar-refractivity contribution in [2.45, 2.75) is 13.2 Å². The van der Waals surface area contributed by atoms with E-state index in [4.69, 9.17) is 16.3 Å². The molecule has 1 amide bonds. The Morgan fingerprint density at radius 1 is 1.11 bits per heavy atom. The molecule has 3 aromatic rings. The Morgan fingerprint density at radius 2 is 1.81 bits per heavy atom. The van der Waals surface area contributed by atoms with Crippen molar-refractivity contribution in [3.63, 3.8) is 0 Å². The van der Waals surface area contributed by atoms with Crippen molar-refractivity contribution in [2.24, 2.45) is 7.05 Å². The monoisotopic (exact) mass is 382 g/mol. The van der Waals surface area contributed by atoms with Gasteiger partial charge < -0.3 is 14.6 Å². The fourth-order valence-electron chi connectivity index (χ4n) is 2.58. The molecular weight excluding hydrogens is 364 g/mol. The van der Waals surface area contributed by atoms with Crippen molar-refractivity contribution >= 4 is 17.5 Å². The van der Waals surface area contributed by atoms with Gasteiger partial charge in [0.2, 0.25) is 5.43 Å². The van der Waals surface area contributed by atoms with Crippen LogP contribution in [0.2, 0.25) is 5.02 Å². The first kappa shape index (κ1) is 18.7. The third kappa shape index (κ3) is 4.77. The first-order chi connectivity index (χ1) is 13.0. The Kier molecular flexibility index (Phi) is 5.94. The van der Waals surface area contributed by atoms with Gasteiger partial charge in [-0.1, -0.05) is 60.1 Å². The number of ether oxygens (including phenoxy) is 1. The molecule has 3 rings (SSSR count). The van der Waals surface area contributed by atoms with Gasteiger partial charge in [0.05, 0.1) is 6.20 Å². The number of hydrogen-bond acceptors (Lipinski definition) is 3. The van der Waals surface area contributed by atoms with Crippen molar-refractivity contribution < 1.29 is 9.53 Å². The lowest BCUT2D eigenvalue weighted by Crippen LogP contribution is -2.27. The van der Waals surface area contributed by atoms with Gasteiger partial charge in [0.15, 0.2) is 5.75 Å². The van der Waals surface area contributed by atoms with Crippen LogP contribution in [0.15, 0.2) is 71.7 Å². The number of benzene rings is 2. The molecule has 0 aliphatic rings. The maximum atomic E-state index is 12.4. The molecule has 0 spiro atoms. The Labute approximate surface area is 162 Å². The topological polar surface area (TPSA) is 60.3 Å². The highest BCUT2D eigenvalue weighted by Crippen LogP contribution is 2.15. The number of nitrogens with zero attached hydrogens (tertiary/aromatic N) is 1. The zero-order valence-electron chi connectivity index (χ0n) is 14.8. The van der Waals surface area contributed by atoms with Crippen molar-refractivity contribution in [3.05, 3.63) is 98.9 Å². The quantitative estimate of drug-likeness (QED) is 0.709. The van der Waals surface area contributed by atoms with E-state index >= 15 is 0 Å². The summed E-state index contributed by atoms with van der Waals surface area (Å²) in [4.78, 5) is 24.7. The summed E-state index contributed by atoms with van der Waals surface area (Å²) in [5.41, 5.74) is 1.67. The third-order valence-corrected chi connectivity index (χ3v) is 4.44. The average Bonchev–Trinajstić information content (AvgIpc) is 2.68. The van der Waals surface area contributed by atoms with Crippen LogP contribution in [0.4, 0.5) is 0 Å². The van der Waals surface area contributed by atoms with Crippen molar-refractivity contribution in [1.29, 1.82) is 0 Å². The zero-order chi connectivity index (χ0) is 19.2. The number of nitrogens with one attached hydrogen (secondary N) is 1. The number of amides is 1. The minimum Gasteiger partial charge on any atom is -0.483 e. The highest BCUT2D eigenvalue weighted by Gasteiger charge is 2.13. The Bertz CT molecular complexity index is 1000. The lowest BCUT2D eigenvalue weighted by Gasteiger charge is -2.12. The lowest BCUT2D eigenvalue weighted by molar-refractivity contribution is 0.0941. The molecule has 0 saturated heterocycles. The van der Waals surface area contributed by atoms with Gasteiger partial charge in [-0.25, -0.2) is 0 Å². The van der Waals surface area contributed by atoms with Crippen molar-refractivity contribution in [1.82, 2.24) is 9.88 Å². The van der Waals surface area contributed by atoms with Gasteiger partial charge in [0.1, 0.15) is 12.3 Å². The Hall–Kier alpha value is -3.05. The SMILES string of the molecule is Cn1cc(OCc2ccccc2)c(=O)cc1C(=O)NCc1ccccc1Cl. The molecule has 0 radical (unpaired) electrons. The van der Waals surface area contributed by atoms with Crippen LogP contribution >= 0.6 is 11.6 Å². The summed E-state index contributed by atoms with van der Waals surface area (Å²) in [5, 5.41) is 3.36. The minimum absolute atomic E-state index is 0.198. The summed E-state index contributed by atoms with van der Waals surface area (Å²) < 4.78 is 7.17. The zero-order valence-corrected chi connectivity index (χ0v) is 15.6. The number of carbonyl (C=O) groups is 1. The molecule has 2 aromatic carbocycles. The maximum Gasteiger partial charge on any atom is 0.268 e. The molecule has 0 aliphatic carbocycles. The molecule has 0 saturated carbocycles. The molecule has 0 fully saturated rings. The van der Waals surface area contributed by atoms with Gasteiger partial charge in [0, 0.05) is 24.7 Å². The number of hydrogen-bond donors (Lipinski definition) is 1. The number of aryl methyl sites for hydroxylation is 1. The van der Waals surface area contributed by atoms with Gasteiger partial charge >= 0.3 is 0 Å². The molecule has 6 heteroatoms. The summed E-state index contributed by atoms with van der Waals surface area (Å²) in [6.07, 6.45) is 1.52. The van der Waals surface area contributed by atoms with E-state index in [2.05, 4.69) is 5.32 Å². The second-order valence-corrected chi connectivity index (χ2v) is 6.45. The van der Waals surface area contributed by atoms with Crippen LogP contribution in [0.3, 0.4) is 0 Å². The van der Waals surface area contributed by atoms with Gasteiger partial charge in [-0.05, 0) is 17.2 Å². The number of aromatic nitrogens is 1. The van der Waals surface area contributed by atoms with Gasteiger partial charge in [-0.2, -0.15) is 0 Å². The van der Waals surface area contributed by atoms with E-state index in [1.165, 1.54) is 12.3 Å². The Morgan fingerprint density at radius 3 is 2.56 bits per heavy atom. The van der Waals surface area contributed by atoms with E-state index in [9.17, 15) is 9.59 Å². The molecule has 1 heterocycles. The standard InChI is InChI=1S/C21H19ClN2O3/c1-24-13-20(27-14-15-7-3-2-4-8-15)19(25)11-18(24)21(26)23-12-16-9-5-6-10-17(16)22/h2-11,13H,12,14H2,1H3,(H,23,26). The largest absolute Gasteiger partial charge is 0.483 e. The minimum atomic E-state index is -0.357. The summed E-state index contributed by atoms with van der Waals surface area (Å²) in [6, 6.07) is 18.1. The molecule has 1 N–H and O–H groups in total. The first-order valence-electron chi connectivity index (χ1n) is 8.43. The lowest BCUT2D eigenvalue weighted by atomic mass is 10.2. The Balaban J connectivity index is 1.69. The molecule has 0 aliphatic heterocycles. The average molecular weight is 383 g/mol. The van der Waals surface area contributed by atoms with E-state index in [0.717, 1.165) is 11.1 Å². The van der Waals surface area contributed by atoms with E-state index in [-0.39, 0.29) is 35.9 Å². The molecule has 5 nitrogen and oxygen atoms in total. The number of carbonyl (C=O) groups excluding carboxylic acids is 1. The number of pyridine rings is 1. The van der Waals surface area contributed by atoms with E-state index in [1.54, 1.807) is 17.7 Å². The molecule has 1 aromatic heterocycles. The summed E-state index contributed by atoms with van der Waals surface area (Å²) in [6.45, 7) is 0.563. The van der Waals surface area contributed by atoms with Crippen molar-refractivity contribution in [3.8, 4) is 5.75 Å². The van der Waals surface area contributed by atoms with Crippen LogP contribution in [0.1, 0.15) is 21.6 Å². The summed E-state index contributed by atoms with van der Waals surface area (Å²) in [5.74, 6) is -0.159. The highest BCUT2D eigenvalue weighted by molar-refractivity contribution is 6.31. The van der Waals surface area contributed by atoms with Crippen LogP contribution in [-0.2, 0) is 20.2 Å². The predicted molar refractivity (Wildman–Crippen MR) is 105 cm³/mol. The normalized spacial score (nSPS) is 10.4. The molecule has 0 bridgehead atoms. The first-order valence-corrected chi connectivity index (χ1v) is 8.81. The van der Waals surface area contributed by atoms with Crippen LogP contribution in [0.5, 0.6) is 5.75 Å². The highest BCUT2D eigenvalue weighted by atomic mass is 35.5. The van der Waals surface area contributed by atoms with E-state index in [1.807, 2.05) is 48.5 Å². The van der Waals surface area contributed by atoms with Gasteiger partial charge in [-0.3, -0.25) is 9.59 Å². The molecule has 0 atom stereocenters. The van der Waals surface area contributed by atoms with Crippen molar-refractivity contribution in [2.75, 3.05) is 0 Å². The van der Waals surface area contributed by atoms with Crippen LogP contribution in [-0.4, -0.2) is 10.5 Å². The molecule has 0 unspecified atom stereocenters. The molecule has 27 heavy (non-hydrogen) atoms. The smallest absolute Gasteiger partial charge is 0.268 e. The van der Waals surface area contributed by atoms with Crippen LogP contribution in [0.25, 0.3) is 0 Å². The van der Waals surface area contributed by atoms with Crippen LogP contribution in [0, 0.1) is 0 Å². The predicted octanol–water partition coefficient (Wildman–Crippen LogP) is 3.55. The van der Waals surface area contributed by atoms with Crippen LogP contribution < -0.4 is 15.5 Å². The summed E-state index contributed by atoms with van der Waals surface area (Å²) in [7, 11) is 1.69. The molecule has 138 valence electrons. The van der Waals surface area contributed by atoms with E-state index in [0.29, 0.717) is 5.02 Å². The number of rotatable bonds is 6. The number of halogens is 1. The summed E-state index contributed by atoms with van der Waals surface area (Å²) >= 11 is 6.09. The fraction of sp³-hybridized carbons (Fsp3) is 0.143. The third-order valence-electron chi connectivity index (χ3n) is 4.07. The maximum absolute atomic E-state index is 12.4. The second-order valence-electron chi connectivity index (χ2n) is 6.05. The molecular formula is C21H19ClN2O3. The van der Waals surface area contributed by atoms with E-state index < -0.39 is 0 Å². The second kappa shape index (κ2) is 8.56.